The summed E-state index contributed by atoms with van der Waals surface area (Å²) < 4.78 is 43.9. The summed E-state index contributed by atoms with van der Waals surface area (Å²) in [4.78, 5) is 12.1. The Morgan fingerprint density at radius 1 is 1.15 bits per heavy atom. The Balaban J connectivity index is 2.04. The van der Waals surface area contributed by atoms with Gasteiger partial charge in [-0.15, -0.1) is 0 Å². The van der Waals surface area contributed by atoms with Gasteiger partial charge in [-0.1, -0.05) is 23.7 Å². The fourth-order valence-electron chi connectivity index (χ4n) is 2.14. The number of rotatable bonds is 6. The molecule has 2 N–H and O–H groups in total. The third-order valence-corrected chi connectivity index (χ3v) is 3.59. The molecular formula is C18H18ClF3N2O2. The first-order valence-electron chi connectivity index (χ1n) is 7.83. The first-order valence-corrected chi connectivity index (χ1v) is 8.21. The average Bonchev–Trinajstić information content (AvgIpc) is 2.54. The van der Waals surface area contributed by atoms with E-state index in [1.165, 1.54) is 0 Å². The van der Waals surface area contributed by atoms with Gasteiger partial charge >= 0.3 is 6.18 Å². The van der Waals surface area contributed by atoms with Crippen LogP contribution in [0.2, 0.25) is 5.02 Å². The maximum atomic E-state index is 12.8. The second kappa shape index (κ2) is 8.31. The molecule has 0 aromatic heterocycles. The van der Waals surface area contributed by atoms with Crippen LogP contribution in [0.3, 0.4) is 0 Å². The van der Waals surface area contributed by atoms with Crippen molar-refractivity contribution in [2.75, 3.05) is 17.2 Å². The molecule has 0 heterocycles. The SMILES string of the molecule is CC(C)Oc1ccccc1NCC(=O)Nc1cc(C(F)(F)F)ccc1Cl. The van der Waals surface area contributed by atoms with E-state index >= 15 is 0 Å². The molecule has 0 spiro atoms. The summed E-state index contributed by atoms with van der Waals surface area (Å²) in [6.07, 6.45) is -4.56. The first kappa shape index (κ1) is 19.9. The van der Waals surface area contributed by atoms with Crippen molar-refractivity contribution in [3.05, 3.63) is 53.1 Å². The molecule has 0 aliphatic heterocycles. The van der Waals surface area contributed by atoms with Crippen LogP contribution in [0.5, 0.6) is 5.75 Å². The van der Waals surface area contributed by atoms with Crippen molar-refractivity contribution in [2.45, 2.75) is 26.1 Å². The zero-order valence-electron chi connectivity index (χ0n) is 14.2. The lowest BCUT2D eigenvalue weighted by atomic mass is 10.2. The number of benzene rings is 2. The van der Waals surface area contributed by atoms with Gasteiger partial charge in [-0.3, -0.25) is 4.79 Å². The van der Waals surface area contributed by atoms with E-state index < -0.39 is 17.6 Å². The van der Waals surface area contributed by atoms with Crippen molar-refractivity contribution in [2.24, 2.45) is 0 Å². The molecule has 2 aromatic rings. The van der Waals surface area contributed by atoms with Crippen LogP contribution in [0.25, 0.3) is 0 Å². The number of alkyl halides is 3. The highest BCUT2D eigenvalue weighted by Crippen LogP contribution is 2.33. The number of hydrogen-bond donors (Lipinski definition) is 2. The highest BCUT2D eigenvalue weighted by atomic mass is 35.5. The second-order valence-electron chi connectivity index (χ2n) is 5.76. The number of amides is 1. The van der Waals surface area contributed by atoms with E-state index in [1.807, 2.05) is 13.8 Å². The molecule has 0 fully saturated rings. The minimum absolute atomic E-state index is 0.0230. The lowest BCUT2D eigenvalue weighted by Crippen LogP contribution is -2.22. The Morgan fingerprint density at radius 3 is 2.50 bits per heavy atom. The zero-order chi connectivity index (χ0) is 19.3. The van der Waals surface area contributed by atoms with E-state index in [-0.39, 0.29) is 23.4 Å². The Labute approximate surface area is 154 Å². The fraction of sp³-hybridized carbons (Fsp3) is 0.278. The fourth-order valence-corrected chi connectivity index (χ4v) is 2.30. The van der Waals surface area contributed by atoms with Gasteiger partial charge in [0.1, 0.15) is 5.75 Å². The second-order valence-corrected chi connectivity index (χ2v) is 6.16. The zero-order valence-corrected chi connectivity index (χ0v) is 14.9. The summed E-state index contributed by atoms with van der Waals surface area (Å²) >= 11 is 5.87. The number of hydrogen-bond acceptors (Lipinski definition) is 3. The molecule has 0 saturated heterocycles. The molecule has 0 saturated carbocycles. The van der Waals surface area contributed by atoms with Crippen LogP contribution in [0.15, 0.2) is 42.5 Å². The minimum atomic E-state index is -4.52. The number of halogens is 4. The van der Waals surface area contributed by atoms with Gasteiger partial charge in [0.05, 0.1) is 34.6 Å². The third-order valence-electron chi connectivity index (χ3n) is 3.26. The maximum absolute atomic E-state index is 12.8. The molecule has 140 valence electrons. The van der Waals surface area contributed by atoms with Crippen LogP contribution in [0.1, 0.15) is 19.4 Å². The molecular weight excluding hydrogens is 369 g/mol. The van der Waals surface area contributed by atoms with Gasteiger partial charge in [-0.25, -0.2) is 0 Å². The monoisotopic (exact) mass is 386 g/mol. The lowest BCUT2D eigenvalue weighted by molar-refractivity contribution is -0.137. The van der Waals surface area contributed by atoms with Gasteiger partial charge in [0.25, 0.3) is 0 Å². The molecule has 2 rings (SSSR count). The van der Waals surface area contributed by atoms with E-state index in [4.69, 9.17) is 16.3 Å². The number of carbonyl (C=O) groups is 1. The van der Waals surface area contributed by atoms with Gasteiger partial charge in [0, 0.05) is 0 Å². The predicted octanol–water partition coefficient (Wildman–Crippen LogP) is 5.20. The van der Waals surface area contributed by atoms with Crippen molar-refractivity contribution in [1.82, 2.24) is 0 Å². The summed E-state index contributed by atoms with van der Waals surface area (Å²) in [5.41, 5.74) is -0.382. The Hall–Kier alpha value is -2.41. The third kappa shape index (κ3) is 5.56. The van der Waals surface area contributed by atoms with Gasteiger partial charge in [0.2, 0.25) is 5.91 Å². The summed E-state index contributed by atoms with van der Waals surface area (Å²) in [7, 11) is 0. The molecule has 1 amide bonds. The largest absolute Gasteiger partial charge is 0.489 e. The Bertz CT molecular complexity index is 779. The summed E-state index contributed by atoms with van der Waals surface area (Å²) in [5, 5.41) is 5.30. The van der Waals surface area contributed by atoms with Crippen LogP contribution < -0.4 is 15.4 Å². The molecule has 8 heteroatoms. The van der Waals surface area contributed by atoms with E-state index in [0.717, 1.165) is 18.2 Å². The van der Waals surface area contributed by atoms with Gasteiger partial charge in [-0.2, -0.15) is 13.2 Å². The van der Waals surface area contributed by atoms with Gasteiger partial charge in [0.15, 0.2) is 0 Å². The lowest BCUT2D eigenvalue weighted by Gasteiger charge is -2.16. The summed E-state index contributed by atoms with van der Waals surface area (Å²) in [5.74, 6) is 0.0398. The normalized spacial score (nSPS) is 11.3. The smallest absolute Gasteiger partial charge is 0.416 e. The molecule has 0 atom stereocenters. The Morgan fingerprint density at radius 2 is 1.85 bits per heavy atom. The average molecular weight is 387 g/mol. The maximum Gasteiger partial charge on any atom is 0.416 e. The van der Waals surface area contributed by atoms with Crippen molar-refractivity contribution in [3.63, 3.8) is 0 Å². The number of para-hydroxylation sites is 2. The van der Waals surface area contributed by atoms with Crippen molar-refractivity contribution in [1.29, 1.82) is 0 Å². The van der Waals surface area contributed by atoms with Crippen LogP contribution in [0, 0.1) is 0 Å². The highest BCUT2D eigenvalue weighted by Gasteiger charge is 2.31. The minimum Gasteiger partial charge on any atom is -0.489 e. The predicted molar refractivity (Wildman–Crippen MR) is 95.8 cm³/mol. The first-order chi connectivity index (χ1) is 12.2. The van der Waals surface area contributed by atoms with Crippen LogP contribution in [-0.4, -0.2) is 18.6 Å². The molecule has 0 aliphatic rings. The van der Waals surface area contributed by atoms with Crippen molar-refractivity contribution in [3.8, 4) is 5.75 Å². The molecule has 0 unspecified atom stereocenters. The number of carbonyl (C=O) groups excluding carboxylic acids is 1. The van der Waals surface area contributed by atoms with Crippen molar-refractivity contribution >= 4 is 28.9 Å². The van der Waals surface area contributed by atoms with Crippen LogP contribution in [0.4, 0.5) is 24.5 Å². The van der Waals surface area contributed by atoms with E-state index in [9.17, 15) is 18.0 Å². The van der Waals surface area contributed by atoms with E-state index in [2.05, 4.69) is 10.6 Å². The number of ether oxygens (including phenoxy) is 1. The summed E-state index contributed by atoms with van der Waals surface area (Å²) in [6, 6.07) is 9.82. The van der Waals surface area contributed by atoms with Gasteiger partial charge < -0.3 is 15.4 Å². The standard InChI is InChI=1S/C18H18ClF3N2O2/c1-11(2)26-16-6-4-3-5-14(16)23-10-17(25)24-15-9-12(18(20,21)22)7-8-13(15)19/h3-9,11,23H,10H2,1-2H3,(H,24,25). The van der Waals surface area contributed by atoms with E-state index in [0.29, 0.717) is 11.4 Å². The van der Waals surface area contributed by atoms with Gasteiger partial charge in [-0.05, 0) is 44.2 Å². The highest BCUT2D eigenvalue weighted by molar-refractivity contribution is 6.33. The van der Waals surface area contributed by atoms with Crippen molar-refractivity contribution < 1.29 is 22.7 Å². The molecule has 26 heavy (non-hydrogen) atoms. The van der Waals surface area contributed by atoms with Crippen LogP contribution in [-0.2, 0) is 11.0 Å². The quantitative estimate of drug-likeness (QED) is 0.717. The molecule has 4 nitrogen and oxygen atoms in total. The molecule has 2 aromatic carbocycles. The molecule has 0 aliphatic carbocycles. The Kier molecular flexibility index (Phi) is 6.37. The van der Waals surface area contributed by atoms with Crippen LogP contribution >= 0.6 is 11.6 Å². The molecule has 0 bridgehead atoms. The summed E-state index contributed by atoms with van der Waals surface area (Å²) in [6.45, 7) is 3.59. The number of nitrogens with one attached hydrogen (secondary N) is 2. The number of anilines is 2. The van der Waals surface area contributed by atoms with E-state index in [1.54, 1.807) is 24.3 Å². The molecule has 0 radical (unpaired) electrons. The topological polar surface area (TPSA) is 50.4 Å².